The van der Waals surface area contributed by atoms with E-state index in [-0.39, 0.29) is 11.1 Å². The fourth-order valence-electron chi connectivity index (χ4n) is 1.82. The van der Waals surface area contributed by atoms with Gasteiger partial charge in [-0.15, -0.1) is 0 Å². The van der Waals surface area contributed by atoms with Gasteiger partial charge in [0, 0.05) is 15.1 Å². The molecule has 0 fully saturated rings. The zero-order chi connectivity index (χ0) is 14.7. The number of hydrazine groups is 1. The highest BCUT2D eigenvalue weighted by Crippen LogP contribution is 2.27. The third kappa shape index (κ3) is 3.77. The van der Waals surface area contributed by atoms with E-state index in [9.17, 15) is 4.39 Å². The summed E-state index contributed by atoms with van der Waals surface area (Å²) >= 11 is 12.6. The molecule has 0 spiro atoms. The summed E-state index contributed by atoms with van der Waals surface area (Å²) in [5, 5.41) is 0.0982. The summed E-state index contributed by atoms with van der Waals surface area (Å²) in [5.41, 5.74) is 4.36. The molecule has 2 aromatic rings. The lowest BCUT2D eigenvalue weighted by Gasteiger charge is -2.17. The molecule has 1 unspecified atom stereocenters. The van der Waals surface area contributed by atoms with E-state index in [1.54, 1.807) is 18.3 Å². The van der Waals surface area contributed by atoms with Crippen LogP contribution in [0.3, 0.4) is 0 Å². The van der Waals surface area contributed by atoms with Crippen molar-refractivity contribution in [3.8, 4) is 0 Å². The van der Waals surface area contributed by atoms with Gasteiger partial charge in [0.25, 0.3) is 0 Å². The summed E-state index contributed by atoms with van der Waals surface area (Å²) in [7, 11) is 0. The minimum atomic E-state index is -0.435. The summed E-state index contributed by atoms with van der Waals surface area (Å²) in [6, 6.07) is 6.30. The molecule has 0 amide bonds. The van der Waals surface area contributed by atoms with Crippen molar-refractivity contribution in [3.63, 3.8) is 0 Å². The molecule has 20 heavy (non-hydrogen) atoms. The predicted molar refractivity (Wildman–Crippen MR) is 84.8 cm³/mol. The highest BCUT2D eigenvalue weighted by molar-refractivity contribution is 9.11. The standard InChI is InChI=1S/C13H11Br2ClFN3/c14-8-5-9(15)13(19-6-8)12(20-18)4-7-1-2-11(17)10(16)3-7/h1-3,5-6,12,20H,4,18H2. The second kappa shape index (κ2) is 6.95. The number of aromatic nitrogens is 1. The van der Waals surface area contributed by atoms with Crippen molar-refractivity contribution in [2.75, 3.05) is 0 Å². The van der Waals surface area contributed by atoms with Crippen LogP contribution in [0.1, 0.15) is 17.3 Å². The quantitative estimate of drug-likeness (QED) is 0.574. The number of hydrogen-bond donors (Lipinski definition) is 2. The molecule has 3 N–H and O–H groups in total. The Hall–Kier alpha value is -0.530. The highest BCUT2D eigenvalue weighted by Gasteiger charge is 2.16. The Balaban J connectivity index is 2.26. The molecular weight excluding hydrogens is 412 g/mol. The van der Waals surface area contributed by atoms with Crippen LogP contribution in [0.4, 0.5) is 4.39 Å². The number of nitrogens with zero attached hydrogens (tertiary/aromatic N) is 1. The lowest BCUT2D eigenvalue weighted by atomic mass is 10.0. The van der Waals surface area contributed by atoms with Crippen LogP contribution in [0.2, 0.25) is 5.02 Å². The second-order valence-electron chi connectivity index (χ2n) is 4.19. The summed E-state index contributed by atoms with van der Waals surface area (Å²) in [4.78, 5) is 4.34. The maximum absolute atomic E-state index is 13.2. The maximum Gasteiger partial charge on any atom is 0.141 e. The van der Waals surface area contributed by atoms with Gasteiger partial charge in [0.2, 0.25) is 0 Å². The van der Waals surface area contributed by atoms with Crippen molar-refractivity contribution in [2.45, 2.75) is 12.5 Å². The first-order valence-electron chi connectivity index (χ1n) is 5.72. The van der Waals surface area contributed by atoms with E-state index in [4.69, 9.17) is 17.4 Å². The van der Waals surface area contributed by atoms with Gasteiger partial charge >= 0.3 is 0 Å². The van der Waals surface area contributed by atoms with Gasteiger partial charge in [0.1, 0.15) is 5.82 Å². The Bertz CT molecular complexity index is 625. The largest absolute Gasteiger partial charge is 0.271 e. The lowest BCUT2D eigenvalue weighted by Crippen LogP contribution is -2.30. The van der Waals surface area contributed by atoms with Crippen molar-refractivity contribution in [3.05, 3.63) is 61.5 Å². The summed E-state index contributed by atoms with van der Waals surface area (Å²) in [6.07, 6.45) is 2.24. The summed E-state index contributed by atoms with van der Waals surface area (Å²) < 4.78 is 14.9. The number of hydrogen-bond acceptors (Lipinski definition) is 3. The first-order valence-corrected chi connectivity index (χ1v) is 7.68. The molecule has 0 aliphatic heterocycles. The average molecular weight is 424 g/mol. The van der Waals surface area contributed by atoms with Crippen LogP contribution in [0.15, 0.2) is 39.4 Å². The van der Waals surface area contributed by atoms with Crippen LogP contribution in [0.25, 0.3) is 0 Å². The van der Waals surface area contributed by atoms with Crippen molar-refractivity contribution >= 4 is 43.5 Å². The van der Waals surface area contributed by atoms with Crippen molar-refractivity contribution < 1.29 is 4.39 Å². The second-order valence-corrected chi connectivity index (χ2v) is 6.37. The Morgan fingerprint density at radius 1 is 1.35 bits per heavy atom. The number of nitrogens with one attached hydrogen (secondary N) is 1. The van der Waals surface area contributed by atoms with Gasteiger partial charge in [-0.1, -0.05) is 17.7 Å². The minimum absolute atomic E-state index is 0.0982. The Kier molecular flexibility index (Phi) is 5.51. The molecule has 3 nitrogen and oxygen atoms in total. The number of rotatable bonds is 4. The fraction of sp³-hybridized carbons (Fsp3) is 0.154. The topological polar surface area (TPSA) is 50.9 Å². The van der Waals surface area contributed by atoms with Crippen LogP contribution < -0.4 is 11.3 Å². The SMILES string of the molecule is NNC(Cc1ccc(F)c(Cl)c1)c1ncc(Br)cc1Br. The summed E-state index contributed by atoms with van der Waals surface area (Å²) in [6.45, 7) is 0. The van der Waals surface area contributed by atoms with Crippen LogP contribution in [-0.4, -0.2) is 4.98 Å². The number of pyridine rings is 1. The molecule has 0 radical (unpaired) electrons. The fourth-order valence-corrected chi connectivity index (χ4v) is 3.29. The van der Waals surface area contributed by atoms with Crippen molar-refractivity contribution in [2.24, 2.45) is 5.84 Å². The Morgan fingerprint density at radius 3 is 2.70 bits per heavy atom. The van der Waals surface area contributed by atoms with Gasteiger partial charge in [-0.3, -0.25) is 16.3 Å². The molecule has 0 aliphatic rings. The van der Waals surface area contributed by atoms with Gasteiger partial charge < -0.3 is 0 Å². The van der Waals surface area contributed by atoms with E-state index >= 15 is 0 Å². The van der Waals surface area contributed by atoms with Gasteiger partial charge in [-0.05, 0) is 62.0 Å². The molecule has 2 rings (SSSR count). The lowest BCUT2D eigenvalue weighted by molar-refractivity contribution is 0.535. The van der Waals surface area contributed by atoms with Gasteiger partial charge in [0.05, 0.1) is 16.8 Å². The molecular formula is C13H11Br2ClFN3. The van der Waals surface area contributed by atoms with E-state index in [0.717, 1.165) is 20.2 Å². The maximum atomic E-state index is 13.2. The smallest absolute Gasteiger partial charge is 0.141 e. The van der Waals surface area contributed by atoms with Gasteiger partial charge in [-0.25, -0.2) is 4.39 Å². The number of halogens is 4. The van der Waals surface area contributed by atoms with Crippen LogP contribution >= 0.6 is 43.5 Å². The van der Waals surface area contributed by atoms with E-state index < -0.39 is 5.82 Å². The molecule has 1 aromatic heterocycles. The van der Waals surface area contributed by atoms with Crippen LogP contribution in [0, 0.1) is 5.82 Å². The van der Waals surface area contributed by atoms with Crippen LogP contribution in [-0.2, 0) is 6.42 Å². The molecule has 1 heterocycles. The molecule has 0 saturated heterocycles. The van der Waals surface area contributed by atoms with Crippen molar-refractivity contribution in [1.82, 2.24) is 10.4 Å². The van der Waals surface area contributed by atoms with Crippen LogP contribution in [0.5, 0.6) is 0 Å². The number of benzene rings is 1. The molecule has 7 heteroatoms. The van der Waals surface area contributed by atoms with Crippen molar-refractivity contribution in [1.29, 1.82) is 0 Å². The molecule has 0 aliphatic carbocycles. The minimum Gasteiger partial charge on any atom is -0.271 e. The van der Waals surface area contributed by atoms with E-state index in [0.29, 0.717) is 6.42 Å². The third-order valence-electron chi connectivity index (χ3n) is 2.79. The third-order valence-corrected chi connectivity index (χ3v) is 4.15. The predicted octanol–water partition coefficient (Wildman–Crippen LogP) is 4.15. The molecule has 0 bridgehead atoms. The Morgan fingerprint density at radius 2 is 2.10 bits per heavy atom. The molecule has 1 atom stereocenters. The summed E-state index contributed by atoms with van der Waals surface area (Å²) in [5.74, 6) is 5.16. The first kappa shape index (κ1) is 15.9. The monoisotopic (exact) mass is 421 g/mol. The van der Waals surface area contributed by atoms with Gasteiger partial charge in [0.15, 0.2) is 0 Å². The Labute approximate surface area is 138 Å². The van der Waals surface area contributed by atoms with E-state index in [1.807, 2.05) is 6.07 Å². The zero-order valence-corrected chi connectivity index (χ0v) is 14.1. The molecule has 0 saturated carbocycles. The highest BCUT2D eigenvalue weighted by atomic mass is 79.9. The van der Waals surface area contributed by atoms with Gasteiger partial charge in [-0.2, -0.15) is 0 Å². The molecule has 1 aromatic carbocycles. The van der Waals surface area contributed by atoms with E-state index in [1.165, 1.54) is 6.07 Å². The normalized spacial score (nSPS) is 12.4. The molecule has 106 valence electrons. The zero-order valence-electron chi connectivity index (χ0n) is 10.2. The first-order chi connectivity index (χ1) is 9.51. The number of nitrogens with two attached hydrogens (primary N) is 1. The van der Waals surface area contributed by atoms with E-state index in [2.05, 4.69) is 42.3 Å². The average Bonchev–Trinajstić information content (AvgIpc) is 2.41.